The Bertz CT molecular complexity index is 1230. The molecule has 0 saturated heterocycles. The summed E-state index contributed by atoms with van der Waals surface area (Å²) < 4.78 is 45.3. The Balaban J connectivity index is 0.000000491. The summed E-state index contributed by atoms with van der Waals surface area (Å²) in [6.07, 6.45) is 0. The van der Waals surface area contributed by atoms with Crippen LogP contribution in [0.4, 0.5) is 5.69 Å². The lowest BCUT2D eigenvalue weighted by atomic mass is 10.1. The van der Waals surface area contributed by atoms with E-state index in [2.05, 4.69) is 4.99 Å². The zero-order chi connectivity index (χ0) is 22.4. The van der Waals surface area contributed by atoms with E-state index in [0.717, 1.165) is 33.5 Å². The largest absolute Gasteiger partial charge is 0.508 e. The molecule has 160 valence electrons. The average molecular weight is 444 g/mol. The molecular formula is C22H18ClNO7. The van der Waals surface area contributed by atoms with Gasteiger partial charge in [0.2, 0.25) is 11.0 Å². The van der Waals surface area contributed by atoms with E-state index in [1.807, 2.05) is 60.7 Å². The van der Waals surface area contributed by atoms with Crippen LogP contribution in [0.15, 0.2) is 83.3 Å². The molecule has 0 aliphatic heterocycles. The molecule has 2 N–H and O–H groups in total. The van der Waals surface area contributed by atoms with Gasteiger partial charge in [0.25, 0.3) is 0 Å². The fraction of sp³-hybridized carbons (Fsp3) is 0.0455. The number of fused-ring (bicyclic) bond motifs is 1. The second-order valence-electron chi connectivity index (χ2n) is 6.31. The molecule has 9 heteroatoms. The number of hydrogen-bond donors (Lipinski definition) is 2. The van der Waals surface area contributed by atoms with Gasteiger partial charge in [-0.15, -0.1) is 10.2 Å². The van der Waals surface area contributed by atoms with Crippen LogP contribution in [-0.4, -0.2) is 12.2 Å². The van der Waals surface area contributed by atoms with Crippen molar-refractivity contribution in [3.05, 3.63) is 84.2 Å². The Labute approximate surface area is 179 Å². The van der Waals surface area contributed by atoms with Gasteiger partial charge in [-0.2, -0.15) is 0 Å². The van der Waals surface area contributed by atoms with Crippen molar-refractivity contribution < 1.29 is 48.1 Å². The van der Waals surface area contributed by atoms with Crippen LogP contribution in [-0.2, 0) is 0 Å². The Morgan fingerprint density at radius 3 is 2.26 bits per heavy atom. The van der Waals surface area contributed by atoms with Crippen molar-refractivity contribution in [1.82, 2.24) is 0 Å². The number of benzene rings is 3. The Hall–Kier alpha value is -3.40. The van der Waals surface area contributed by atoms with E-state index >= 15 is 0 Å². The van der Waals surface area contributed by atoms with Crippen molar-refractivity contribution in [3.63, 3.8) is 0 Å². The first-order valence-electron chi connectivity index (χ1n) is 8.91. The number of ether oxygens (including phenoxy) is 1. The first-order valence-corrected chi connectivity index (χ1v) is 10.1. The normalized spacial score (nSPS) is 11.7. The molecule has 0 spiro atoms. The summed E-state index contributed by atoms with van der Waals surface area (Å²) in [5.74, 6) is 1.70. The van der Waals surface area contributed by atoms with Gasteiger partial charge in [0, 0.05) is 11.6 Å². The van der Waals surface area contributed by atoms with E-state index in [9.17, 15) is 5.11 Å². The Kier molecular flexibility index (Phi) is 6.91. The van der Waals surface area contributed by atoms with Crippen LogP contribution in [0, 0.1) is 10.2 Å². The number of phenols is 1. The molecule has 4 aromatic rings. The maximum absolute atomic E-state index is 9.90. The van der Waals surface area contributed by atoms with Gasteiger partial charge >= 0.3 is 0 Å². The predicted octanol–water partition coefficient (Wildman–Crippen LogP) is -1.63. The second-order valence-corrected chi connectivity index (χ2v) is 7.06. The monoisotopic (exact) mass is 443 g/mol. The lowest BCUT2D eigenvalue weighted by molar-refractivity contribution is -2.00. The molecule has 8 nitrogen and oxygen atoms in total. The smallest absolute Gasteiger partial charge is 0.218 e. The Morgan fingerprint density at radius 1 is 0.871 bits per heavy atom. The zero-order valence-corrected chi connectivity index (χ0v) is 17.0. The number of rotatable bonds is 3. The molecule has 0 atom stereocenters. The zero-order valence-electron chi connectivity index (χ0n) is 16.3. The summed E-state index contributed by atoms with van der Waals surface area (Å²) in [6, 6.07) is 24.6. The fourth-order valence-electron chi connectivity index (χ4n) is 2.88. The van der Waals surface area contributed by atoms with E-state index in [0.29, 0.717) is 5.58 Å². The molecule has 0 unspecified atom stereocenters. The van der Waals surface area contributed by atoms with Gasteiger partial charge in [0.1, 0.15) is 22.8 Å². The standard InChI is InChI=1S/C22H17NO3.ClHO4/c1-25-18-9-5-8-16(12-18)23-20-14-22(15-6-3-2-4-7-15)26-21-11-10-17(24)13-19(20)21;2-1(3,4)5/h2-14,24H,1H3;(H,2,3,4,5). The van der Waals surface area contributed by atoms with Crippen molar-refractivity contribution in [3.8, 4) is 22.8 Å². The SMILES string of the molecule is COc1cccc([NH+]=c2cc(-c3ccccc3)oc3ccc(O)cc23)c1.[O-][Cl+3]([O-])([O-])[O-]. The molecule has 0 radical (unpaired) electrons. The van der Waals surface area contributed by atoms with E-state index in [4.69, 9.17) is 27.8 Å². The maximum atomic E-state index is 9.90. The van der Waals surface area contributed by atoms with Crippen molar-refractivity contribution in [2.24, 2.45) is 0 Å². The molecule has 4 rings (SSSR count). The number of nitrogens with one attached hydrogen (secondary N) is 1. The third-order valence-corrected chi connectivity index (χ3v) is 4.16. The van der Waals surface area contributed by atoms with E-state index in [1.54, 1.807) is 25.3 Å². The van der Waals surface area contributed by atoms with Gasteiger partial charge in [0.15, 0.2) is 0 Å². The van der Waals surface area contributed by atoms with Gasteiger partial charge in [0.05, 0.1) is 24.6 Å². The molecule has 0 bridgehead atoms. The minimum Gasteiger partial charge on any atom is -0.508 e. The highest BCUT2D eigenvalue weighted by Crippen LogP contribution is 2.23. The first kappa shape index (κ1) is 22.3. The highest BCUT2D eigenvalue weighted by molar-refractivity contribution is 5.79. The minimum atomic E-state index is -4.94. The van der Waals surface area contributed by atoms with Crippen molar-refractivity contribution >= 4 is 16.7 Å². The molecule has 0 saturated carbocycles. The average Bonchev–Trinajstić information content (AvgIpc) is 2.73. The summed E-state index contributed by atoms with van der Waals surface area (Å²) in [5.41, 5.74) is 2.56. The summed E-state index contributed by atoms with van der Waals surface area (Å²) in [7, 11) is -3.30. The van der Waals surface area contributed by atoms with Crippen LogP contribution in [0.2, 0.25) is 0 Å². The topological polar surface area (TPSA) is 149 Å². The van der Waals surface area contributed by atoms with Crippen molar-refractivity contribution in [2.45, 2.75) is 0 Å². The Morgan fingerprint density at radius 2 is 1.58 bits per heavy atom. The van der Waals surface area contributed by atoms with E-state index in [1.165, 1.54) is 0 Å². The van der Waals surface area contributed by atoms with Gasteiger partial charge in [-0.3, -0.25) is 0 Å². The molecule has 1 heterocycles. The van der Waals surface area contributed by atoms with Crippen molar-refractivity contribution in [2.75, 3.05) is 7.11 Å². The summed E-state index contributed by atoms with van der Waals surface area (Å²) in [6.45, 7) is 0. The quantitative estimate of drug-likeness (QED) is 0.386. The molecule has 31 heavy (non-hydrogen) atoms. The van der Waals surface area contributed by atoms with Crippen LogP contribution in [0.3, 0.4) is 0 Å². The number of aromatic hydroxyl groups is 1. The van der Waals surface area contributed by atoms with Gasteiger partial charge in [-0.1, -0.05) is 36.4 Å². The summed E-state index contributed by atoms with van der Waals surface area (Å²) >= 11 is 0. The van der Waals surface area contributed by atoms with Crippen LogP contribution in [0.5, 0.6) is 11.5 Å². The highest BCUT2D eigenvalue weighted by atomic mass is 35.7. The third kappa shape index (κ3) is 6.54. The lowest BCUT2D eigenvalue weighted by Crippen LogP contribution is -2.70. The van der Waals surface area contributed by atoms with Gasteiger partial charge in [-0.25, -0.2) is 23.6 Å². The number of phenolic OH excluding ortho intramolecular Hbond substituents is 1. The van der Waals surface area contributed by atoms with Crippen molar-refractivity contribution in [1.29, 1.82) is 0 Å². The molecule has 1 aromatic heterocycles. The predicted molar refractivity (Wildman–Crippen MR) is 100 cm³/mol. The summed E-state index contributed by atoms with van der Waals surface area (Å²) in [4.78, 5) is 3.41. The molecule has 0 aliphatic carbocycles. The maximum Gasteiger partial charge on any atom is 0.218 e. The number of halogens is 1. The number of methoxy groups -OCH3 is 1. The first-order chi connectivity index (χ1) is 14.7. The fourth-order valence-corrected chi connectivity index (χ4v) is 2.88. The lowest BCUT2D eigenvalue weighted by Gasteiger charge is -2.17. The van der Waals surface area contributed by atoms with Crippen LogP contribution in [0.1, 0.15) is 0 Å². The van der Waals surface area contributed by atoms with E-state index < -0.39 is 10.2 Å². The molecule has 0 fully saturated rings. The molecule has 0 amide bonds. The van der Waals surface area contributed by atoms with Gasteiger partial charge in [-0.05, 0) is 24.3 Å². The van der Waals surface area contributed by atoms with Gasteiger partial charge < -0.3 is 14.3 Å². The molecule has 0 aliphatic rings. The highest BCUT2D eigenvalue weighted by Gasteiger charge is 2.10. The molecule has 3 aromatic carbocycles. The van der Waals surface area contributed by atoms with E-state index in [-0.39, 0.29) is 5.75 Å². The minimum absolute atomic E-state index is 0.189. The van der Waals surface area contributed by atoms with Crippen LogP contribution in [0.25, 0.3) is 22.3 Å². The number of hydrogen-bond acceptors (Lipinski definition) is 7. The van der Waals surface area contributed by atoms with Crippen LogP contribution < -0.4 is 33.7 Å². The summed E-state index contributed by atoms with van der Waals surface area (Å²) in [5, 5.41) is 11.5. The molecular weight excluding hydrogens is 426 g/mol. The van der Waals surface area contributed by atoms with Crippen LogP contribution >= 0.6 is 0 Å². The third-order valence-electron chi connectivity index (χ3n) is 4.16. The second kappa shape index (κ2) is 9.61.